The lowest BCUT2D eigenvalue weighted by Crippen LogP contribution is -2.21. The zero-order chi connectivity index (χ0) is 28.5. The van der Waals surface area contributed by atoms with Crippen molar-refractivity contribution in [1.29, 1.82) is 0 Å². The minimum absolute atomic E-state index is 0.0801. The Bertz CT molecular complexity index is 1500. The Morgan fingerprint density at radius 3 is 2.49 bits per heavy atom. The third kappa shape index (κ3) is 6.19. The van der Waals surface area contributed by atoms with Crippen LogP contribution in [-0.2, 0) is 19.8 Å². The topological polar surface area (TPSA) is 89.7 Å². The first-order valence-electron chi connectivity index (χ1n) is 12.6. The molecule has 0 saturated carbocycles. The molecule has 4 aromatic rings. The van der Waals surface area contributed by atoms with Gasteiger partial charge in [0.2, 0.25) is 0 Å². The number of hydrogen-bond donors (Lipinski definition) is 2. The summed E-state index contributed by atoms with van der Waals surface area (Å²) in [7, 11) is 1.84. The molecule has 8 nitrogen and oxygen atoms in total. The summed E-state index contributed by atoms with van der Waals surface area (Å²) in [5.41, 5.74) is 4.08. The molecule has 11 heteroatoms. The van der Waals surface area contributed by atoms with Crippen LogP contribution in [-0.4, -0.2) is 37.2 Å². The zero-order valence-electron chi connectivity index (χ0n) is 22.8. The first-order valence-corrected chi connectivity index (χ1v) is 12.6. The molecule has 0 unspecified atom stereocenters. The van der Waals surface area contributed by atoms with Gasteiger partial charge in [-0.15, -0.1) is 5.10 Å². The van der Waals surface area contributed by atoms with Gasteiger partial charge in [0.1, 0.15) is 5.69 Å². The molecule has 4 rings (SSSR count). The van der Waals surface area contributed by atoms with E-state index < -0.39 is 17.6 Å². The van der Waals surface area contributed by atoms with Crippen LogP contribution in [0.2, 0.25) is 0 Å². The van der Waals surface area contributed by atoms with Crippen molar-refractivity contribution in [2.24, 2.45) is 13.0 Å². The Labute approximate surface area is 225 Å². The van der Waals surface area contributed by atoms with E-state index in [1.54, 1.807) is 46.0 Å². The number of nitrogens with zero attached hydrogens (tertiary/aromatic N) is 5. The van der Waals surface area contributed by atoms with Gasteiger partial charge < -0.3 is 10.6 Å². The summed E-state index contributed by atoms with van der Waals surface area (Å²) in [5.74, 6) is -0.182. The van der Waals surface area contributed by atoms with Crippen molar-refractivity contribution in [1.82, 2.24) is 30.1 Å². The molecule has 2 aromatic carbocycles. The largest absolute Gasteiger partial charge is 0.416 e. The number of amides is 1. The number of carbonyl (C=O) groups excluding carboxylic acids is 1. The molecule has 0 fully saturated rings. The number of halogens is 3. The van der Waals surface area contributed by atoms with Crippen LogP contribution in [0.1, 0.15) is 52.2 Å². The van der Waals surface area contributed by atoms with Gasteiger partial charge in [-0.2, -0.15) is 18.3 Å². The predicted octanol–water partition coefficient (Wildman–Crippen LogP) is 5.61. The summed E-state index contributed by atoms with van der Waals surface area (Å²) < 4.78 is 44.7. The number of aryl methyl sites for hydroxylation is 2. The van der Waals surface area contributed by atoms with E-state index in [9.17, 15) is 18.0 Å². The number of alkyl halides is 3. The van der Waals surface area contributed by atoms with E-state index in [4.69, 9.17) is 0 Å². The second kappa shape index (κ2) is 11.0. The molecule has 206 valence electrons. The first-order chi connectivity index (χ1) is 18.3. The van der Waals surface area contributed by atoms with Gasteiger partial charge in [-0.25, -0.2) is 4.68 Å². The highest BCUT2D eigenvalue weighted by molar-refractivity contribution is 6.04. The Balaban J connectivity index is 1.62. The average Bonchev–Trinajstić information content (AvgIpc) is 3.47. The number of carbonyl (C=O) groups is 1. The summed E-state index contributed by atoms with van der Waals surface area (Å²) in [6.07, 6.45) is -1.09. The normalized spacial score (nSPS) is 11.8. The van der Waals surface area contributed by atoms with E-state index in [1.165, 1.54) is 6.92 Å². The van der Waals surface area contributed by atoms with Gasteiger partial charge in [0.25, 0.3) is 5.91 Å². The van der Waals surface area contributed by atoms with E-state index in [2.05, 4.69) is 26.0 Å². The van der Waals surface area contributed by atoms with E-state index in [0.717, 1.165) is 22.9 Å². The van der Waals surface area contributed by atoms with E-state index >= 15 is 0 Å². The fourth-order valence-corrected chi connectivity index (χ4v) is 4.28. The van der Waals surface area contributed by atoms with E-state index in [-0.39, 0.29) is 23.4 Å². The lowest BCUT2D eigenvalue weighted by Gasteiger charge is -2.18. The standard InChI is InChI=1S/C28H32F3N7O/c1-16(2)12-32-13-21-9-22(11-24(18(21)4)28(29,30)31)34-27(39)20-8-7-17(3)26(10-20)38-15-25(35-36-38)23-14-33-37(6)19(23)5/h7-11,14-16,32H,12-13H2,1-6H3,(H,34,39). The molecule has 1 amide bonds. The molecule has 0 atom stereocenters. The monoisotopic (exact) mass is 539 g/mol. The van der Waals surface area contributed by atoms with Gasteiger partial charge in [0.15, 0.2) is 0 Å². The summed E-state index contributed by atoms with van der Waals surface area (Å²) in [4.78, 5) is 13.2. The Hall–Kier alpha value is -3.99. The average molecular weight is 540 g/mol. The smallest absolute Gasteiger partial charge is 0.322 e. The van der Waals surface area contributed by atoms with Gasteiger partial charge in [0, 0.05) is 36.1 Å². The third-order valence-corrected chi connectivity index (χ3v) is 6.67. The highest BCUT2D eigenvalue weighted by Crippen LogP contribution is 2.35. The van der Waals surface area contributed by atoms with Crippen LogP contribution in [0, 0.1) is 26.7 Å². The highest BCUT2D eigenvalue weighted by Gasteiger charge is 2.34. The van der Waals surface area contributed by atoms with Crippen molar-refractivity contribution in [2.45, 2.75) is 47.3 Å². The Morgan fingerprint density at radius 1 is 1.10 bits per heavy atom. The number of benzene rings is 2. The highest BCUT2D eigenvalue weighted by atomic mass is 19.4. The molecule has 0 saturated heterocycles. The maximum absolute atomic E-state index is 13.8. The van der Waals surface area contributed by atoms with Crippen molar-refractivity contribution in [3.63, 3.8) is 0 Å². The molecule has 0 bridgehead atoms. The van der Waals surface area contributed by atoms with Crippen LogP contribution >= 0.6 is 0 Å². The molecule has 0 aliphatic carbocycles. The van der Waals surface area contributed by atoms with E-state index in [1.807, 2.05) is 34.7 Å². The maximum Gasteiger partial charge on any atom is 0.416 e. The Kier molecular flexibility index (Phi) is 7.91. The van der Waals surface area contributed by atoms with Crippen molar-refractivity contribution in [3.05, 3.63) is 76.2 Å². The molecule has 2 N–H and O–H groups in total. The van der Waals surface area contributed by atoms with E-state index in [0.29, 0.717) is 29.4 Å². The molecule has 0 spiro atoms. The SMILES string of the molecule is Cc1ccc(C(=O)Nc2cc(CNCC(C)C)c(C)c(C(F)(F)F)c2)cc1-n1cc(-c2cnn(C)c2C)nn1. The van der Waals surface area contributed by atoms with Crippen molar-refractivity contribution in [2.75, 3.05) is 11.9 Å². The second-order valence-corrected chi connectivity index (χ2v) is 10.1. The van der Waals surface area contributed by atoms with Crippen LogP contribution in [0.5, 0.6) is 0 Å². The van der Waals surface area contributed by atoms with Gasteiger partial charge in [-0.1, -0.05) is 25.1 Å². The fraction of sp³-hybridized carbons (Fsp3) is 0.357. The van der Waals surface area contributed by atoms with Crippen LogP contribution in [0.4, 0.5) is 18.9 Å². The van der Waals surface area contributed by atoms with Gasteiger partial charge in [0.05, 0.1) is 23.6 Å². The number of nitrogens with one attached hydrogen (secondary N) is 2. The second-order valence-electron chi connectivity index (χ2n) is 10.1. The number of anilines is 1. The van der Waals surface area contributed by atoms with Gasteiger partial charge in [-0.05, 0) is 74.2 Å². The summed E-state index contributed by atoms with van der Waals surface area (Å²) >= 11 is 0. The minimum Gasteiger partial charge on any atom is -0.322 e. The van der Waals surface area contributed by atoms with Crippen LogP contribution in [0.15, 0.2) is 42.7 Å². The lowest BCUT2D eigenvalue weighted by atomic mass is 10.00. The van der Waals surface area contributed by atoms with Crippen LogP contribution in [0.25, 0.3) is 16.9 Å². The zero-order valence-corrected chi connectivity index (χ0v) is 22.8. The van der Waals surface area contributed by atoms with Crippen LogP contribution < -0.4 is 10.6 Å². The number of hydrogen-bond acceptors (Lipinski definition) is 5. The summed E-state index contributed by atoms with van der Waals surface area (Å²) in [6.45, 7) is 10.2. The van der Waals surface area contributed by atoms with Crippen molar-refractivity contribution in [3.8, 4) is 16.9 Å². The molecule has 0 aliphatic rings. The molecule has 0 radical (unpaired) electrons. The van der Waals surface area contributed by atoms with Crippen LogP contribution in [0.3, 0.4) is 0 Å². The van der Waals surface area contributed by atoms with Crippen molar-refractivity contribution >= 4 is 11.6 Å². The molecule has 39 heavy (non-hydrogen) atoms. The molecule has 2 heterocycles. The number of aromatic nitrogens is 5. The summed E-state index contributed by atoms with van der Waals surface area (Å²) in [6, 6.07) is 7.60. The number of rotatable bonds is 8. The lowest BCUT2D eigenvalue weighted by molar-refractivity contribution is -0.138. The predicted molar refractivity (Wildman–Crippen MR) is 144 cm³/mol. The Morgan fingerprint density at radius 2 is 1.85 bits per heavy atom. The maximum atomic E-state index is 13.8. The quantitative estimate of drug-likeness (QED) is 0.304. The third-order valence-electron chi connectivity index (χ3n) is 6.67. The van der Waals surface area contributed by atoms with Crippen molar-refractivity contribution < 1.29 is 18.0 Å². The van der Waals surface area contributed by atoms with Gasteiger partial charge >= 0.3 is 6.18 Å². The van der Waals surface area contributed by atoms with Gasteiger partial charge in [-0.3, -0.25) is 9.48 Å². The molecular formula is C28H32F3N7O. The first kappa shape index (κ1) is 28.0. The molecule has 0 aliphatic heterocycles. The molecule has 2 aromatic heterocycles. The fourth-order valence-electron chi connectivity index (χ4n) is 4.28. The molecular weight excluding hydrogens is 507 g/mol. The minimum atomic E-state index is -4.55. The summed E-state index contributed by atoms with van der Waals surface area (Å²) in [5, 5.41) is 18.6.